The number of aryl methyl sites for hydroxylation is 1. The smallest absolute Gasteiger partial charge is 0.415 e. The number of benzene rings is 3. The average molecular weight is 596 g/mol. The number of halogens is 1. The van der Waals surface area contributed by atoms with Crippen molar-refractivity contribution in [1.29, 1.82) is 0 Å². The molecule has 1 aliphatic rings. The van der Waals surface area contributed by atoms with E-state index >= 15 is 0 Å². The first-order valence-electron chi connectivity index (χ1n) is 14.1. The highest BCUT2D eigenvalue weighted by atomic mass is 32.2. The standard InChI is InChI=1S/C20H21NO2S.C12H15FO3.C2H6/c1-15(16-8-10-19(24-2)11-9-16)17-12-13-21(14-17)20(22)23-18-6-4-3-5-7-18;1-4-8-5-6-10(9(13)7-8)16-12(2,3)11(14)15;1-2/h3-11,17H,1,12-14H2,2H3;5-7H,4H2,1-3H3,(H,14,15);1-2H3. The molecule has 1 unspecified atom stereocenters. The third-order valence-electron chi connectivity index (χ3n) is 6.63. The Balaban J connectivity index is 0.000000299. The van der Waals surface area contributed by atoms with Gasteiger partial charge in [-0.25, -0.2) is 14.0 Å². The Morgan fingerprint density at radius 2 is 1.71 bits per heavy atom. The van der Waals surface area contributed by atoms with Gasteiger partial charge in [-0.1, -0.05) is 63.7 Å². The number of rotatable bonds is 8. The van der Waals surface area contributed by atoms with E-state index < -0.39 is 17.4 Å². The highest BCUT2D eigenvalue weighted by Gasteiger charge is 2.31. The van der Waals surface area contributed by atoms with Gasteiger partial charge in [0.05, 0.1) is 0 Å². The van der Waals surface area contributed by atoms with E-state index in [-0.39, 0.29) is 17.8 Å². The van der Waals surface area contributed by atoms with Crippen LogP contribution in [0.4, 0.5) is 9.18 Å². The number of thioether (sulfide) groups is 1. The fraction of sp³-hybridized carbons (Fsp3) is 0.353. The van der Waals surface area contributed by atoms with Crippen molar-refractivity contribution in [3.8, 4) is 11.5 Å². The quantitative estimate of drug-likeness (QED) is 0.263. The highest BCUT2D eigenvalue weighted by molar-refractivity contribution is 7.98. The lowest BCUT2D eigenvalue weighted by molar-refractivity contribution is -0.152. The zero-order valence-corrected chi connectivity index (χ0v) is 26.2. The number of para-hydroxylation sites is 1. The molecule has 1 saturated heterocycles. The van der Waals surface area contributed by atoms with Crippen LogP contribution in [0.3, 0.4) is 0 Å². The second kappa shape index (κ2) is 16.6. The molecule has 1 amide bonds. The highest BCUT2D eigenvalue weighted by Crippen LogP contribution is 2.31. The van der Waals surface area contributed by atoms with Crippen LogP contribution in [0.25, 0.3) is 5.57 Å². The number of carboxylic acids is 1. The maximum absolute atomic E-state index is 13.5. The molecule has 226 valence electrons. The van der Waals surface area contributed by atoms with Crippen molar-refractivity contribution in [3.05, 3.63) is 96.3 Å². The number of aliphatic carboxylic acids is 1. The summed E-state index contributed by atoms with van der Waals surface area (Å²) in [5.74, 6) is -0.837. The topological polar surface area (TPSA) is 76.1 Å². The van der Waals surface area contributed by atoms with Crippen LogP contribution in [0, 0.1) is 11.7 Å². The van der Waals surface area contributed by atoms with Gasteiger partial charge in [0.2, 0.25) is 0 Å². The minimum atomic E-state index is -1.44. The molecule has 1 fully saturated rings. The molecular formula is C34H42FNO5S. The van der Waals surface area contributed by atoms with Crippen molar-refractivity contribution < 1.29 is 28.6 Å². The minimum Gasteiger partial charge on any atom is -0.478 e. The predicted octanol–water partition coefficient (Wildman–Crippen LogP) is 8.60. The number of carboxylic acid groups (broad SMARTS) is 1. The molecule has 0 saturated carbocycles. The van der Waals surface area contributed by atoms with Crippen LogP contribution in [-0.2, 0) is 11.2 Å². The molecule has 1 N–H and O–H groups in total. The molecular weight excluding hydrogens is 553 g/mol. The maximum atomic E-state index is 13.5. The number of nitrogens with zero attached hydrogens (tertiary/aromatic N) is 1. The molecule has 0 aliphatic carbocycles. The average Bonchev–Trinajstić information content (AvgIpc) is 3.50. The zero-order chi connectivity index (χ0) is 31.3. The molecule has 42 heavy (non-hydrogen) atoms. The normalized spacial score (nSPS) is 14.1. The van der Waals surface area contributed by atoms with Gasteiger partial charge in [0.15, 0.2) is 17.2 Å². The number of carbonyl (C=O) groups excluding carboxylic acids is 1. The SMILES string of the molecule is C=C(c1ccc(SC)cc1)C1CCN(C(=O)Oc2ccccc2)C1.CC.CCc1ccc(OC(C)(C)C(=O)O)c(F)c1. The van der Waals surface area contributed by atoms with E-state index in [2.05, 4.69) is 37.1 Å². The summed E-state index contributed by atoms with van der Waals surface area (Å²) in [7, 11) is 0. The molecule has 3 aromatic carbocycles. The Morgan fingerprint density at radius 3 is 2.26 bits per heavy atom. The first-order chi connectivity index (χ1) is 20.0. The van der Waals surface area contributed by atoms with Crippen LogP contribution in [0.15, 0.2) is 84.3 Å². The molecule has 8 heteroatoms. The van der Waals surface area contributed by atoms with Gasteiger partial charge in [-0.3, -0.25) is 0 Å². The number of amides is 1. The molecule has 4 rings (SSSR count). The summed E-state index contributed by atoms with van der Waals surface area (Å²) in [6.07, 6.45) is 3.43. The van der Waals surface area contributed by atoms with Crippen LogP contribution >= 0.6 is 11.8 Å². The second-order valence-electron chi connectivity index (χ2n) is 9.90. The third-order valence-corrected chi connectivity index (χ3v) is 7.38. The monoisotopic (exact) mass is 595 g/mol. The molecule has 6 nitrogen and oxygen atoms in total. The molecule has 1 atom stereocenters. The Kier molecular flexibility index (Phi) is 13.6. The Bertz CT molecular complexity index is 1310. The van der Waals surface area contributed by atoms with Crippen LogP contribution in [0.5, 0.6) is 11.5 Å². The van der Waals surface area contributed by atoms with Crippen LogP contribution in [-0.4, -0.2) is 47.0 Å². The van der Waals surface area contributed by atoms with Gasteiger partial charge < -0.3 is 19.5 Å². The molecule has 1 aliphatic heterocycles. The van der Waals surface area contributed by atoms with Crippen LogP contribution in [0.2, 0.25) is 0 Å². The third kappa shape index (κ3) is 9.94. The number of ether oxygens (including phenoxy) is 2. The molecule has 1 heterocycles. The van der Waals surface area contributed by atoms with Crippen molar-refractivity contribution in [2.75, 3.05) is 19.3 Å². The number of carbonyl (C=O) groups is 2. The summed E-state index contributed by atoms with van der Waals surface area (Å²) in [6, 6.07) is 22.2. The Labute approximate surface area is 253 Å². The fourth-order valence-electron chi connectivity index (χ4n) is 4.07. The van der Waals surface area contributed by atoms with Gasteiger partial charge in [-0.2, -0.15) is 0 Å². The summed E-state index contributed by atoms with van der Waals surface area (Å²) in [4.78, 5) is 26.1. The number of likely N-dealkylation sites (tertiary alicyclic amines) is 1. The summed E-state index contributed by atoms with van der Waals surface area (Å²) >= 11 is 1.73. The molecule has 0 aromatic heterocycles. The van der Waals surface area contributed by atoms with Crippen LogP contribution < -0.4 is 9.47 Å². The number of hydrogen-bond donors (Lipinski definition) is 1. The van der Waals surface area contributed by atoms with Gasteiger partial charge in [-0.05, 0) is 86.0 Å². The van der Waals surface area contributed by atoms with Crippen molar-refractivity contribution in [2.45, 2.75) is 58.0 Å². The predicted molar refractivity (Wildman–Crippen MR) is 169 cm³/mol. The van der Waals surface area contributed by atoms with E-state index in [4.69, 9.17) is 14.6 Å². The maximum Gasteiger partial charge on any atom is 0.415 e. The van der Waals surface area contributed by atoms with E-state index in [0.717, 1.165) is 29.5 Å². The summed E-state index contributed by atoms with van der Waals surface area (Å²) in [5.41, 5.74) is 1.65. The van der Waals surface area contributed by atoms with E-state index in [1.165, 1.54) is 30.9 Å². The van der Waals surface area contributed by atoms with Gasteiger partial charge >= 0.3 is 12.1 Å². The molecule has 0 spiro atoms. The lowest BCUT2D eigenvalue weighted by Gasteiger charge is -2.21. The van der Waals surface area contributed by atoms with Crippen molar-refractivity contribution in [1.82, 2.24) is 4.90 Å². The number of hydrogen-bond acceptors (Lipinski definition) is 5. The van der Waals surface area contributed by atoms with E-state index in [9.17, 15) is 14.0 Å². The largest absolute Gasteiger partial charge is 0.478 e. The minimum absolute atomic E-state index is 0.0374. The van der Waals surface area contributed by atoms with Gasteiger partial charge in [0.25, 0.3) is 0 Å². The first kappa shape index (κ1) is 34.4. The van der Waals surface area contributed by atoms with Crippen molar-refractivity contribution in [2.24, 2.45) is 5.92 Å². The lowest BCUT2D eigenvalue weighted by atomic mass is 9.93. The van der Waals surface area contributed by atoms with Crippen LogP contribution in [0.1, 0.15) is 52.2 Å². The van der Waals surface area contributed by atoms with E-state index in [1.54, 1.807) is 34.9 Å². The Hall–Kier alpha value is -3.78. The van der Waals surface area contributed by atoms with E-state index in [0.29, 0.717) is 18.8 Å². The van der Waals surface area contributed by atoms with Gasteiger partial charge in [0, 0.05) is 23.9 Å². The fourth-order valence-corrected chi connectivity index (χ4v) is 4.48. The molecule has 3 aromatic rings. The summed E-state index contributed by atoms with van der Waals surface area (Å²) < 4.78 is 24.0. The Morgan fingerprint density at radius 1 is 1.07 bits per heavy atom. The van der Waals surface area contributed by atoms with Gasteiger partial charge in [-0.15, -0.1) is 11.8 Å². The summed E-state index contributed by atoms with van der Waals surface area (Å²) in [6.45, 7) is 14.3. The molecule has 0 radical (unpaired) electrons. The van der Waals surface area contributed by atoms with Gasteiger partial charge in [0.1, 0.15) is 5.75 Å². The van der Waals surface area contributed by atoms with Crippen molar-refractivity contribution in [3.63, 3.8) is 0 Å². The first-order valence-corrected chi connectivity index (χ1v) is 15.3. The van der Waals surface area contributed by atoms with Crippen molar-refractivity contribution >= 4 is 29.4 Å². The lowest BCUT2D eigenvalue weighted by Crippen LogP contribution is -2.38. The molecule has 0 bridgehead atoms. The summed E-state index contributed by atoms with van der Waals surface area (Å²) in [5, 5.41) is 8.85. The second-order valence-corrected chi connectivity index (χ2v) is 10.8. The zero-order valence-electron chi connectivity index (χ0n) is 25.4. The van der Waals surface area contributed by atoms with E-state index in [1.807, 2.05) is 39.0 Å².